The van der Waals surface area contributed by atoms with E-state index >= 15 is 0 Å². The lowest BCUT2D eigenvalue weighted by atomic mass is 10.1. The fraction of sp³-hybridized carbons (Fsp3) is 0.235. The number of cyclic esters (lactones) is 1. The third-order valence-electron chi connectivity index (χ3n) is 3.87. The highest BCUT2D eigenvalue weighted by Crippen LogP contribution is 2.11. The van der Waals surface area contributed by atoms with Crippen molar-refractivity contribution in [2.75, 3.05) is 6.61 Å². The number of halogens is 1. The molecule has 1 N–H and O–H groups in total. The smallest absolute Gasteiger partial charge is 0.328 e. The summed E-state index contributed by atoms with van der Waals surface area (Å²) >= 11 is 0. The van der Waals surface area contributed by atoms with Gasteiger partial charge in [-0.15, -0.1) is 0 Å². The Morgan fingerprint density at radius 1 is 1.25 bits per heavy atom. The van der Waals surface area contributed by atoms with Crippen LogP contribution in [0.1, 0.15) is 22.3 Å². The molecule has 2 heterocycles. The van der Waals surface area contributed by atoms with E-state index in [0.29, 0.717) is 17.7 Å². The largest absolute Gasteiger partial charge is 0.464 e. The molecule has 0 aliphatic carbocycles. The predicted octanol–water partition coefficient (Wildman–Crippen LogP) is 1.33. The number of nitrogens with zero attached hydrogens (tertiary/aromatic N) is 1. The number of carbonyl (C=O) groups is 2. The first-order chi connectivity index (χ1) is 11.5. The summed E-state index contributed by atoms with van der Waals surface area (Å²) in [6.07, 6.45) is 1.90. The molecule has 0 radical (unpaired) electrons. The third-order valence-corrected chi connectivity index (χ3v) is 3.87. The zero-order chi connectivity index (χ0) is 17.3. The highest BCUT2D eigenvalue weighted by atomic mass is 19.1. The van der Waals surface area contributed by atoms with Gasteiger partial charge in [-0.25, -0.2) is 9.18 Å². The van der Waals surface area contributed by atoms with Crippen LogP contribution in [0.5, 0.6) is 0 Å². The minimum Gasteiger partial charge on any atom is -0.464 e. The standard InChI is InChI=1S/C17H15FN2O4/c1-10-6-8-20(12-4-2-11(18)3-5-12)16(22)14(10)15(21)19-13-7-9-24-17(13)23/h2-6,8,13H,7,9H2,1H3,(H,19,21). The van der Waals surface area contributed by atoms with Crippen molar-refractivity contribution in [1.82, 2.24) is 9.88 Å². The Balaban J connectivity index is 1.97. The maximum atomic E-state index is 13.0. The van der Waals surface area contributed by atoms with E-state index in [4.69, 9.17) is 4.74 Å². The molecule has 0 bridgehead atoms. The number of hydrogen-bond donors (Lipinski definition) is 1. The monoisotopic (exact) mass is 330 g/mol. The summed E-state index contributed by atoms with van der Waals surface area (Å²) in [5.41, 5.74) is 0.338. The molecule has 0 saturated carbocycles. The van der Waals surface area contributed by atoms with Crippen LogP contribution in [-0.4, -0.2) is 29.1 Å². The zero-order valence-corrected chi connectivity index (χ0v) is 12.9. The molecule has 6 nitrogen and oxygen atoms in total. The minimum atomic E-state index is -0.740. The van der Waals surface area contributed by atoms with Gasteiger partial charge in [0.25, 0.3) is 11.5 Å². The van der Waals surface area contributed by atoms with Gasteiger partial charge in [-0.3, -0.25) is 14.2 Å². The Kier molecular flexibility index (Phi) is 4.16. The molecule has 1 unspecified atom stereocenters. The lowest BCUT2D eigenvalue weighted by molar-refractivity contribution is -0.139. The van der Waals surface area contributed by atoms with Gasteiger partial charge in [-0.1, -0.05) is 0 Å². The normalized spacial score (nSPS) is 16.8. The fourth-order valence-electron chi connectivity index (χ4n) is 2.57. The average molecular weight is 330 g/mol. The van der Waals surface area contributed by atoms with E-state index in [0.717, 1.165) is 0 Å². The van der Waals surface area contributed by atoms with Gasteiger partial charge in [0.2, 0.25) is 0 Å². The van der Waals surface area contributed by atoms with Gasteiger partial charge < -0.3 is 10.1 Å². The van der Waals surface area contributed by atoms with Gasteiger partial charge >= 0.3 is 5.97 Å². The Hall–Kier alpha value is -2.96. The summed E-state index contributed by atoms with van der Waals surface area (Å²) in [6, 6.07) is 6.23. The van der Waals surface area contributed by atoms with Gasteiger partial charge in [-0.05, 0) is 42.8 Å². The SMILES string of the molecule is Cc1ccn(-c2ccc(F)cc2)c(=O)c1C(=O)NC1CCOC1=O. The molecule has 1 aliphatic heterocycles. The summed E-state index contributed by atoms with van der Waals surface area (Å²) in [7, 11) is 0. The Labute approximate surface area is 136 Å². The van der Waals surface area contributed by atoms with Crippen LogP contribution in [-0.2, 0) is 9.53 Å². The van der Waals surface area contributed by atoms with E-state index in [1.165, 1.54) is 35.0 Å². The van der Waals surface area contributed by atoms with Gasteiger partial charge in [0.05, 0.1) is 6.61 Å². The van der Waals surface area contributed by atoms with Crippen molar-refractivity contribution in [3.63, 3.8) is 0 Å². The molecule has 3 rings (SSSR count). The van der Waals surface area contributed by atoms with Crippen LogP contribution in [0.2, 0.25) is 0 Å². The maximum absolute atomic E-state index is 13.0. The number of pyridine rings is 1. The topological polar surface area (TPSA) is 77.4 Å². The molecule has 7 heteroatoms. The summed E-state index contributed by atoms with van der Waals surface area (Å²) in [4.78, 5) is 36.6. The summed E-state index contributed by atoms with van der Waals surface area (Å²) < 4.78 is 19.1. The quantitative estimate of drug-likeness (QED) is 0.862. The molecular formula is C17H15FN2O4. The van der Waals surface area contributed by atoms with Crippen molar-refractivity contribution in [3.05, 3.63) is 63.8 Å². The number of benzene rings is 1. The summed E-state index contributed by atoms with van der Waals surface area (Å²) in [5, 5.41) is 2.53. The molecule has 1 aliphatic rings. The first kappa shape index (κ1) is 15.9. The first-order valence-electron chi connectivity index (χ1n) is 7.43. The number of esters is 1. The predicted molar refractivity (Wildman–Crippen MR) is 83.6 cm³/mol. The molecule has 24 heavy (non-hydrogen) atoms. The number of carbonyl (C=O) groups excluding carboxylic acids is 2. The summed E-state index contributed by atoms with van der Waals surface area (Å²) in [5.74, 6) is -1.55. The van der Waals surface area contributed by atoms with Gasteiger partial charge in [0.1, 0.15) is 17.4 Å². The molecule has 1 amide bonds. The van der Waals surface area contributed by atoms with Crippen molar-refractivity contribution in [2.24, 2.45) is 0 Å². The lowest BCUT2D eigenvalue weighted by Gasteiger charge is -2.13. The van der Waals surface area contributed by atoms with Gasteiger partial charge in [-0.2, -0.15) is 0 Å². The highest BCUT2D eigenvalue weighted by Gasteiger charge is 2.29. The maximum Gasteiger partial charge on any atom is 0.328 e. The fourth-order valence-corrected chi connectivity index (χ4v) is 2.57. The molecule has 1 atom stereocenters. The molecule has 0 spiro atoms. The Bertz CT molecular complexity index is 858. The molecule has 1 aromatic carbocycles. The zero-order valence-electron chi connectivity index (χ0n) is 12.9. The van der Waals surface area contributed by atoms with Crippen molar-refractivity contribution < 1.29 is 18.7 Å². The van der Waals surface area contributed by atoms with E-state index in [-0.39, 0.29) is 12.2 Å². The van der Waals surface area contributed by atoms with Gasteiger partial charge in [0, 0.05) is 18.3 Å². The van der Waals surface area contributed by atoms with Crippen LogP contribution >= 0.6 is 0 Å². The second-order valence-corrected chi connectivity index (χ2v) is 5.51. The Morgan fingerprint density at radius 3 is 2.58 bits per heavy atom. The number of amides is 1. The number of nitrogens with one attached hydrogen (secondary N) is 1. The van der Waals surface area contributed by atoms with Crippen molar-refractivity contribution in [1.29, 1.82) is 0 Å². The lowest BCUT2D eigenvalue weighted by Crippen LogP contribution is -2.41. The molecule has 1 fully saturated rings. The molecular weight excluding hydrogens is 315 g/mol. The van der Waals surface area contributed by atoms with Crippen LogP contribution < -0.4 is 10.9 Å². The minimum absolute atomic E-state index is 0.0541. The number of rotatable bonds is 3. The van der Waals surface area contributed by atoms with Crippen LogP contribution in [0.4, 0.5) is 4.39 Å². The van der Waals surface area contributed by atoms with E-state index in [9.17, 15) is 18.8 Å². The first-order valence-corrected chi connectivity index (χ1v) is 7.43. The van der Waals surface area contributed by atoms with Crippen molar-refractivity contribution >= 4 is 11.9 Å². The number of ether oxygens (including phenoxy) is 1. The van der Waals surface area contributed by atoms with Crippen molar-refractivity contribution in [2.45, 2.75) is 19.4 Å². The number of hydrogen-bond acceptors (Lipinski definition) is 4. The molecule has 1 saturated heterocycles. The number of aryl methyl sites for hydroxylation is 1. The third kappa shape index (κ3) is 2.92. The van der Waals surface area contributed by atoms with Gasteiger partial charge in [0.15, 0.2) is 0 Å². The van der Waals surface area contributed by atoms with E-state index in [1.54, 1.807) is 13.0 Å². The van der Waals surface area contributed by atoms with Crippen LogP contribution in [0, 0.1) is 12.7 Å². The highest BCUT2D eigenvalue weighted by molar-refractivity contribution is 5.98. The van der Waals surface area contributed by atoms with E-state index < -0.39 is 29.3 Å². The average Bonchev–Trinajstić information content (AvgIpc) is 2.94. The second kappa shape index (κ2) is 6.27. The molecule has 1 aromatic heterocycles. The number of aromatic nitrogens is 1. The van der Waals surface area contributed by atoms with E-state index in [1.807, 2.05) is 0 Å². The van der Waals surface area contributed by atoms with E-state index in [2.05, 4.69) is 5.32 Å². The molecule has 124 valence electrons. The Morgan fingerprint density at radius 2 is 1.96 bits per heavy atom. The second-order valence-electron chi connectivity index (χ2n) is 5.51. The summed E-state index contributed by atoms with van der Waals surface area (Å²) in [6.45, 7) is 1.88. The molecule has 2 aromatic rings. The van der Waals surface area contributed by atoms with Crippen LogP contribution in [0.25, 0.3) is 5.69 Å². The van der Waals surface area contributed by atoms with Crippen LogP contribution in [0.3, 0.4) is 0 Å². The van der Waals surface area contributed by atoms with Crippen molar-refractivity contribution in [3.8, 4) is 5.69 Å². The van der Waals surface area contributed by atoms with Crippen LogP contribution in [0.15, 0.2) is 41.3 Å².